The second-order valence-corrected chi connectivity index (χ2v) is 8.15. The number of nitrogens with one attached hydrogen (secondary N) is 3. The Labute approximate surface area is 202 Å². The van der Waals surface area contributed by atoms with Gasteiger partial charge >= 0.3 is 6.03 Å². The monoisotopic (exact) mass is 475 g/mol. The van der Waals surface area contributed by atoms with Gasteiger partial charge in [0, 0.05) is 48.8 Å². The third kappa shape index (κ3) is 6.87. The third-order valence-electron chi connectivity index (χ3n) is 5.58. The summed E-state index contributed by atoms with van der Waals surface area (Å²) in [5.41, 5.74) is 2.33. The molecule has 1 fully saturated rings. The first-order valence-corrected chi connectivity index (χ1v) is 11.3. The van der Waals surface area contributed by atoms with Crippen molar-refractivity contribution in [3.63, 3.8) is 0 Å². The molecule has 1 aliphatic heterocycles. The highest BCUT2D eigenvalue weighted by atomic mass is 19.1. The molecule has 3 aromatic rings. The number of carbonyl (C=O) groups is 3. The summed E-state index contributed by atoms with van der Waals surface area (Å²) in [6.07, 6.45) is 0. The zero-order valence-electron chi connectivity index (χ0n) is 19.0. The summed E-state index contributed by atoms with van der Waals surface area (Å²) in [7, 11) is 0. The van der Waals surface area contributed by atoms with Crippen LogP contribution in [0, 0.1) is 5.82 Å². The SMILES string of the molecule is O=C(CN1CCN(C(=O)c2ccc(NC(=O)Nc3ccccc3)cc2)CC1)Nc1ccc(F)cc1. The fourth-order valence-corrected chi connectivity index (χ4v) is 3.74. The molecule has 3 aromatic carbocycles. The van der Waals surface area contributed by atoms with Crippen LogP contribution in [-0.2, 0) is 4.79 Å². The van der Waals surface area contributed by atoms with Gasteiger partial charge in [-0.2, -0.15) is 0 Å². The number of carbonyl (C=O) groups excluding carboxylic acids is 3. The lowest BCUT2D eigenvalue weighted by Gasteiger charge is -2.34. The minimum atomic E-state index is -0.366. The zero-order valence-corrected chi connectivity index (χ0v) is 19.0. The molecule has 35 heavy (non-hydrogen) atoms. The van der Waals surface area contributed by atoms with Crippen LogP contribution in [0.2, 0.25) is 0 Å². The second-order valence-electron chi connectivity index (χ2n) is 8.15. The molecule has 4 amide bonds. The predicted octanol–water partition coefficient (Wildman–Crippen LogP) is 3.87. The predicted molar refractivity (Wildman–Crippen MR) is 133 cm³/mol. The van der Waals surface area contributed by atoms with Gasteiger partial charge < -0.3 is 20.9 Å². The molecule has 0 bridgehead atoms. The summed E-state index contributed by atoms with van der Waals surface area (Å²) in [6.45, 7) is 2.35. The molecule has 1 saturated heterocycles. The van der Waals surface area contributed by atoms with Crippen LogP contribution in [0.1, 0.15) is 10.4 Å². The van der Waals surface area contributed by atoms with Crippen LogP contribution < -0.4 is 16.0 Å². The summed E-state index contributed by atoms with van der Waals surface area (Å²) in [5, 5.41) is 8.23. The number of para-hydroxylation sites is 1. The van der Waals surface area contributed by atoms with Crippen LogP contribution in [-0.4, -0.2) is 60.4 Å². The van der Waals surface area contributed by atoms with Gasteiger partial charge in [-0.1, -0.05) is 18.2 Å². The van der Waals surface area contributed by atoms with E-state index in [2.05, 4.69) is 16.0 Å². The Morgan fingerprint density at radius 2 is 1.23 bits per heavy atom. The van der Waals surface area contributed by atoms with E-state index in [-0.39, 0.29) is 30.2 Å². The van der Waals surface area contributed by atoms with Crippen molar-refractivity contribution in [3.8, 4) is 0 Å². The Hall–Kier alpha value is -4.24. The Bertz CT molecular complexity index is 1160. The van der Waals surface area contributed by atoms with Crippen LogP contribution in [0.3, 0.4) is 0 Å². The fourth-order valence-electron chi connectivity index (χ4n) is 3.74. The topological polar surface area (TPSA) is 93.8 Å². The highest BCUT2D eigenvalue weighted by Gasteiger charge is 2.23. The number of benzene rings is 3. The molecule has 1 heterocycles. The van der Waals surface area contributed by atoms with Crippen molar-refractivity contribution in [2.24, 2.45) is 0 Å². The van der Waals surface area contributed by atoms with Gasteiger partial charge in [0.1, 0.15) is 5.82 Å². The van der Waals surface area contributed by atoms with Crippen LogP contribution in [0.5, 0.6) is 0 Å². The van der Waals surface area contributed by atoms with Crippen molar-refractivity contribution in [3.05, 3.63) is 90.2 Å². The summed E-state index contributed by atoms with van der Waals surface area (Å²) >= 11 is 0. The molecule has 3 N–H and O–H groups in total. The van der Waals surface area contributed by atoms with E-state index in [1.807, 2.05) is 23.1 Å². The molecule has 0 atom stereocenters. The molecule has 0 unspecified atom stereocenters. The molecule has 9 heteroatoms. The first-order chi connectivity index (χ1) is 17.0. The van der Waals surface area contributed by atoms with Crippen molar-refractivity contribution in [1.29, 1.82) is 0 Å². The average molecular weight is 476 g/mol. The molecule has 0 spiro atoms. The van der Waals surface area contributed by atoms with Gasteiger partial charge in [0.2, 0.25) is 5.91 Å². The van der Waals surface area contributed by atoms with Crippen molar-refractivity contribution < 1.29 is 18.8 Å². The number of halogens is 1. The first-order valence-electron chi connectivity index (χ1n) is 11.3. The first kappa shape index (κ1) is 23.9. The standard InChI is InChI=1S/C26H26FN5O3/c27-20-8-12-22(13-9-20)28-24(33)18-31-14-16-32(17-15-31)25(34)19-6-10-23(11-7-19)30-26(35)29-21-4-2-1-3-5-21/h1-13H,14-18H2,(H,28,33)(H2,29,30,35). The molecule has 0 radical (unpaired) electrons. The summed E-state index contributed by atoms with van der Waals surface area (Å²) < 4.78 is 13.0. The highest BCUT2D eigenvalue weighted by molar-refractivity contribution is 6.00. The third-order valence-corrected chi connectivity index (χ3v) is 5.58. The van der Waals surface area contributed by atoms with Gasteiger partial charge in [-0.15, -0.1) is 0 Å². The lowest BCUT2D eigenvalue weighted by Crippen LogP contribution is -2.50. The number of piperazine rings is 1. The van der Waals surface area contributed by atoms with Crippen molar-refractivity contribution in [2.75, 3.05) is 48.7 Å². The molecule has 0 saturated carbocycles. The fraction of sp³-hybridized carbons (Fsp3) is 0.192. The molecule has 0 aromatic heterocycles. The Morgan fingerprint density at radius 1 is 0.686 bits per heavy atom. The van der Waals surface area contributed by atoms with E-state index in [4.69, 9.17) is 0 Å². The minimum Gasteiger partial charge on any atom is -0.336 e. The van der Waals surface area contributed by atoms with Crippen molar-refractivity contribution >= 4 is 34.9 Å². The lowest BCUT2D eigenvalue weighted by molar-refractivity contribution is -0.117. The maximum atomic E-state index is 13.0. The molecule has 180 valence electrons. The maximum Gasteiger partial charge on any atom is 0.323 e. The number of hydrogen-bond acceptors (Lipinski definition) is 4. The normalized spacial score (nSPS) is 13.7. The van der Waals surface area contributed by atoms with Gasteiger partial charge in [-0.3, -0.25) is 14.5 Å². The average Bonchev–Trinajstić information content (AvgIpc) is 2.86. The summed E-state index contributed by atoms with van der Waals surface area (Å²) in [6, 6.07) is 21.1. The van der Waals surface area contributed by atoms with Crippen molar-refractivity contribution in [1.82, 2.24) is 9.80 Å². The van der Waals surface area contributed by atoms with E-state index >= 15 is 0 Å². The molecular formula is C26H26FN5O3. The summed E-state index contributed by atoms with van der Waals surface area (Å²) in [4.78, 5) is 41.0. The van der Waals surface area contributed by atoms with E-state index in [1.54, 1.807) is 41.3 Å². The quantitative estimate of drug-likeness (QED) is 0.505. The van der Waals surface area contributed by atoms with Crippen molar-refractivity contribution in [2.45, 2.75) is 0 Å². The number of urea groups is 1. The van der Waals surface area contributed by atoms with Gasteiger partial charge in [0.05, 0.1) is 6.54 Å². The van der Waals surface area contributed by atoms with Gasteiger partial charge in [0.25, 0.3) is 5.91 Å². The van der Waals surface area contributed by atoms with E-state index in [1.165, 1.54) is 24.3 Å². The van der Waals surface area contributed by atoms with Crippen LogP contribution in [0.15, 0.2) is 78.9 Å². The maximum absolute atomic E-state index is 13.0. The molecule has 1 aliphatic rings. The van der Waals surface area contributed by atoms with E-state index in [0.717, 1.165) is 0 Å². The molecule has 8 nitrogen and oxygen atoms in total. The summed E-state index contributed by atoms with van der Waals surface area (Å²) in [5.74, 6) is -0.639. The molecule has 0 aliphatic carbocycles. The number of anilines is 3. The number of hydrogen-bond donors (Lipinski definition) is 3. The van der Waals surface area contributed by atoms with Crippen LogP contribution >= 0.6 is 0 Å². The number of amides is 4. The Kier molecular flexibility index (Phi) is 7.69. The van der Waals surface area contributed by atoms with Gasteiger partial charge in [-0.05, 0) is 60.7 Å². The van der Waals surface area contributed by atoms with E-state index < -0.39 is 0 Å². The minimum absolute atomic E-state index is 0.0966. The lowest BCUT2D eigenvalue weighted by atomic mass is 10.1. The largest absolute Gasteiger partial charge is 0.336 e. The number of nitrogens with zero attached hydrogens (tertiary/aromatic N) is 2. The van der Waals surface area contributed by atoms with Gasteiger partial charge in [-0.25, -0.2) is 9.18 Å². The highest BCUT2D eigenvalue weighted by Crippen LogP contribution is 2.15. The second kappa shape index (κ2) is 11.3. The zero-order chi connectivity index (χ0) is 24.6. The smallest absolute Gasteiger partial charge is 0.323 e. The number of rotatable bonds is 6. The Balaban J connectivity index is 1.22. The van der Waals surface area contributed by atoms with Crippen LogP contribution in [0.4, 0.5) is 26.2 Å². The van der Waals surface area contributed by atoms with Crippen LogP contribution in [0.25, 0.3) is 0 Å². The molecule has 4 rings (SSSR count). The Morgan fingerprint density at radius 3 is 1.86 bits per heavy atom. The molecular weight excluding hydrogens is 449 g/mol. The van der Waals surface area contributed by atoms with Gasteiger partial charge in [0.15, 0.2) is 0 Å². The van der Waals surface area contributed by atoms with E-state index in [0.29, 0.717) is 48.8 Å². The van der Waals surface area contributed by atoms with E-state index in [9.17, 15) is 18.8 Å².